The summed E-state index contributed by atoms with van der Waals surface area (Å²) in [5, 5.41) is 3.41. The molecule has 0 saturated carbocycles. The lowest BCUT2D eigenvalue weighted by molar-refractivity contribution is 0.327. The third-order valence-electron chi connectivity index (χ3n) is 2.71. The van der Waals surface area contributed by atoms with Crippen molar-refractivity contribution in [3.63, 3.8) is 0 Å². The Kier molecular flexibility index (Phi) is 4.09. The van der Waals surface area contributed by atoms with Crippen LogP contribution in [-0.2, 0) is 6.54 Å². The first kappa shape index (κ1) is 12.0. The van der Waals surface area contributed by atoms with Gasteiger partial charge in [0.1, 0.15) is 0 Å². The van der Waals surface area contributed by atoms with Crippen molar-refractivity contribution in [3.8, 4) is 0 Å². The first-order valence-corrected chi connectivity index (χ1v) is 5.44. The van der Waals surface area contributed by atoms with Crippen molar-refractivity contribution in [3.05, 3.63) is 24.0 Å². The number of rotatable bonds is 5. The molecule has 3 nitrogen and oxygen atoms in total. The Morgan fingerprint density at radius 2 is 2.13 bits per heavy atom. The van der Waals surface area contributed by atoms with E-state index in [1.807, 2.05) is 12.1 Å². The van der Waals surface area contributed by atoms with Crippen LogP contribution < -0.4 is 11.1 Å². The van der Waals surface area contributed by atoms with Crippen LogP contribution in [-0.4, -0.2) is 11.5 Å². The molecular weight excluding hydrogens is 186 g/mol. The van der Waals surface area contributed by atoms with E-state index in [0.29, 0.717) is 11.1 Å². The number of nitrogens with two attached hydrogens (primary N) is 1. The highest BCUT2D eigenvalue weighted by molar-refractivity contribution is 5.34. The van der Waals surface area contributed by atoms with Gasteiger partial charge in [-0.15, -0.1) is 0 Å². The minimum Gasteiger partial charge on any atom is -0.397 e. The zero-order valence-corrected chi connectivity index (χ0v) is 9.88. The summed E-state index contributed by atoms with van der Waals surface area (Å²) in [5.41, 5.74) is 7.67. The van der Waals surface area contributed by atoms with Gasteiger partial charge in [-0.3, -0.25) is 4.98 Å². The second-order valence-electron chi connectivity index (χ2n) is 4.70. The highest BCUT2D eigenvalue weighted by Crippen LogP contribution is 2.17. The zero-order valence-electron chi connectivity index (χ0n) is 9.88. The van der Waals surface area contributed by atoms with E-state index in [2.05, 4.69) is 31.1 Å². The molecule has 0 bridgehead atoms. The van der Waals surface area contributed by atoms with Crippen LogP contribution in [0.15, 0.2) is 18.3 Å². The molecule has 0 amide bonds. The van der Waals surface area contributed by atoms with Gasteiger partial charge in [0.05, 0.1) is 17.6 Å². The van der Waals surface area contributed by atoms with E-state index in [1.165, 1.54) is 6.42 Å². The summed E-state index contributed by atoms with van der Waals surface area (Å²) < 4.78 is 0. The van der Waals surface area contributed by atoms with Crippen molar-refractivity contribution in [1.82, 2.24) is 10.3 Å². The Hall–Kier alpha value is -1.09. The smallest absolute Gasteiger partial charge is 0.0543 e. The Balaban J connectivity index is 2.35. The van der Waals surface area contributed by atoms with Crippen molar-refractivity contribution < 1.29 is 0 Å². The number of nitrogens with zero attached hydrogens (tertiary/aromatic N) is 1. The van der Waals surface area contributed by atoms with E-state index in [4.69, 9.17) is 5.73 Å². The Morgan fingerprint density at radius 3 is 2.67 bits per heavy atom. The highest BCUT2D eigenvalue weighted by Gasteiger charge is 2.13. The lowest BCUT2D eigenvalue weighted by Gasteiger charge is -2.22. The fourth-order valence-corrected chi connectivity index (χ4v) is 1.19. The zero-order chi connectivity index (χ0) is 11.3. The van der Waals surface area contributed by atoms with Crippen molar-refractivity contribution in [2.24, 2.45) is 5.41 Å². The average Bonchev–Trinajstić information content (AvgIpc) is 2.21. The normalized spacial score (nSPS) is 11.7. The van der Waals surface area contributed by atoms with Gasteiger partial charge in [0, 0.05) is 13.1 Å². The van der Waals surface area contributed by atoms with E-state index in [-0.39, 0.29) is 0 Å². The summed E-state index contributed by atoms with van der Waals surface area (Å²) >= 11 is 0. The summed E-state index contributed by atoms with van der Waals surface area (Å²) in [6.07, 6.45) is 2.87. The lowest BCUT2D eigenvalue weighted by atomic mass is 9.90. The molecule has 1 aromatic rings. The Morgan fingerprint density at radius 1 is 1.40 bits per heavy atom. The van der Waals surface area contributed by atoms with Gasteiger partial charge >= 0.3 is 0 Å². The number of nitrogens with one attached hydrogen (secondary N) is 1. The molecule has 84 valence electrons. The molecule has 15 heavy (non-hydrogen) atoms. The second-order valence-corrected chi connectivity index (χ2v) is 4.70. The van der Waals surface area contributed by atoms with Crippen LogP contribution in [0.4, 0.5) is 5.69 Å². The second kappa shape index (κ2) is 5.12. The van der Waals surface area contributed by atoms with Crippen LogP contribution in [0, 0.1) is 5.41 Å². The molecule has 0 aromatic carbocycles. The number of anilines is 1. The van der Waals surface area contributed by atoms with Gasteiger partial charge in [0.2, 0.25) is 0 Å². The number of aromatic nitrogens is 1. The van der Waals surface area contributed by atoms with E-state index in [1.54, 1.807) is 6.20 Å². The van der Waals surface area contributed by atoms with Gasteiger partial charge in [-0.05, 0) is 24.0 Å². The molecule has 0 atom stereocenters. The molecule has 1 aromatic heterocycles. The van der Waals surface area contributed by atoms with E-state index in [9.17, 15) is 0 Å². The fraction of sp³-hybridized carbons (Fsp3) is 0.583. The number of pyridine rings is 1. The molecule has 0 unspecified atom stereocenters. The third-order valence-corrected chi connectivity index (χ3v) is 2.71. The van der Waals surface area contributed by atoms with Gasteiger partial charge in [0.25, 0.3) is 0 Å². The molecule has 0 aliphatic carbocycles. The van der Waals surface area contributed by atoms with E-state index >= 15 is 0 Å². The average molecular weight is 207 g/mol. The third kappa shape index (κ3) is 4.30. The standard InChI is InChI=1S/C12H21N3/c1-4-12(2,3)9-14-8-11-6-5-10(13)7-15-11/h5-7,14H,4,8-9,13H2,1-3H3. The van der Waals surface area contributed by atoms with Crippen molar-refractivity contribution >= 4 is 5.69 Å². The van der Waals surface area contributed by atoms with Gasteiger partial charge in [-0.25, -0.2) is 0 Å². The molecular formula is C12H21N3. The largest absolute Gasteiger partial charge is 0.397 e. The monoisotopic (exact) mass is 207 g/mol. The van der Waals surface area contributed by atoms with Crippen molar-refractivity contribution in [2.45, 2.75) is 33.7 Å². The predicted octanol–water partition coefficient (Wildman–Crippen LogP) is 2.19. The van der Waals surface area contributed by atoms with Crippen LogP contribution in [0.1, 0.15) is 32.9 Å². The molecule has 0 aliphatic heterocycles. The summed E-state index contributed by atoms with van der Waals surface area (Å²) in [6, 6.07) is 3.84. The summed E-state index contributed by atoms with van der Waals surface area (Å²) in [7, 11) is 0. The number of hydrogen-bond acceptors (Lipinski definition) is 3. The summed E-state index contributed by atoms with van der Waals surface area (Å²) in [4.78, 5) is 4.24. The number of nitrogen functional groups attached to an aromatic ring is 1. The molecule has 1 heterocycles. The Labute approximate surface area is 92.1 Å². The van der Waals surface area contributed by atoms with Crippen molar-refractivity contribution in [2.75, 3.05) is 12.3 Å². The van der Waals surface area contributed by atoms with E-state index < -0.39 is 0 Å². The van der Waals surface area contributed by atoms with Crippen molar-refractivity contribution in [1.29, 1.82) is 0 Å². The fourth-order valence-electron chi connectivity index (χ4n) is 1.19. The van der Waals surface area contributed by atoms with Crippen LogP contribution in [0.5, 0.6) is 0 Å². The first-order chi connectivity index (χ1) is 7.03. The maximum Gasteiger partial charge on any atom is 0.0543 e. The predicted molar refractivity (Wildman–Crippen MR) is 64.4 cm³/mol. The lowest BCUT2D eigenvalue weighted by Crippen LogP contribution is -2.28. The minimum absolute atomic E-state index is 0.355. The van der Waals surface area contributed by atoms with Gasteiger partial charge < -0.3 is 11.1 Å². The van der Waals surface area contributed by atoms with Gasteiger partial charge in [-0.1, -0.05) is 20.8 Å². The highest BCUT2D eigenvalue weighted by atomic mass is 14.9. The topological polar surface area (TPSA) is 50.9 Å². The van der Waals surface area contributed by atoms with Crippen LogP contribution in [0.2, 0.25) is 0 Å². The SMILES string of the molecule is CCC(C)(C)CNCc1ccc(N)cn1. The maximum absolute atomic E-state index is 5.56. The Bertz CT molecular complexity index is 290. The molecule has 0 fully saturated rings. The minimum atomic E-state index is 0.355. The molecule has 1 rings (SSSR count). The molecule has 0 radical (unpaired) electrons. The number of hydrogen-bond donors (Lipinski definition) is 2. The van der Waals surface area contributed by atoms with E-state index in [0.717, 1.165) is 18.8 Å². The van der Waals surface area contributed by atoms with Gasteiger partial charge in [0.15, 0.2) is 0 Å². The quantitative estimate of drug-likeness (QED) is 0.778. The molecule has 0 aliphatic rings. The molecule has 3 heteroatoms. The molecule has 0 saturated heterocycles. The molecule has 3 N–H and O–H groups in total. The first-order valence-electron chi connectivity index (χ1n) is 5.44. The summed E-state index contributed by atoms with van der Waals surface area (Å²) in [6.45, 7) is 8.55. The maximum atomic E-state index is 5.56. The van der Waals surface area contributed by atoms with Crippen LogP contribution in [0.25, 0.3) is 0 Å². The van der Waals surface area contributed by atoms with Gasteiger partial charge in [-0.2, -0.15) is 0 Å². The molecule has 0 spiro atoms. The summed E-state index contributed by atoms with van der Waals surface area (Å²) in [5.74, 6) is 0. The van der Waals surface area contributed by atoms with Crippen LogP contribution >= 0.6 is 0 Å². The van der Waals surface area contributed by atoms with Crippen LogP contribution in [0.3, 0.4) is 0 Å².